The number of nitrogens with zero attached hydrogens (tertiary/aromatic N) is 1. The summed E-state index contributed by atoms with van der Waals surface area (Å²) < 4.78 is 10.6. The normalized spacial score (nSPS) is 15.9. The van der Waals surface area contributed by atoms with Gasteiger partial charge in [-0.25, -0.2) is 0 Å². The van der Waals surface area contributed by atoms with E-state index in [9.17, 15) is 9.90 Å². The van der Waals surface area contributed by atoms with Crippen molar-refractivity contribution in [2.75, 3.05) is 26.3 Å². The molecule has 2 heterocycles. The Bertz CT molecular complexity index is 599. The van der Waals surface area contributed by atoms with E-state index >= 15 is 0 Å². The highest BCUT2D eigenvalue weighted by Gasteiger charge is 2.19. The number of phenols is 1. The van der Waals surface area contributed by atoms with Crippen molar-refractivity contribution in [2.24, 2.45) is 0 Å². The molecule has 2 aromatic rings. The average Bonchev–Trinajstić information content (AvgIpc) is 2.82. The predicted molar refractivity (Wildman–Crippen MR) is 69.0 cm³/mol. The van der Waals surface area contributed by atoms with Crippen LogP contribution in [0.15, 0.2) is 28.9 Å². The van der Waals surface area contributed by atoms with Crippen LogP contribution in [0.5, 0.6) is 5.75 Å². The molecule has 0 atom stereocenters. The molecule has 1 aromatic heterocycles. The minimum absolute atomic E-state index is 0.0825. The number of morpholine rings is 1. The van der Waals surface area contributed by atoms with E-state index in [4.69, 9.17) is 9.15 Å². The Hall–Kier alpha value is -2.01. The first-order valence-corrected chi connectivity index (χ1v) is 6.28. The monoisotopic (exact) mass is 261 g/mol. The first-order valence-electron chi connectivity index (χ1n) is 6.28. The number of fused-ring (bicyclic) bond motifs is 1. The van der Waals surface area contributed by atoms with Crippen LogP contribution >= 0.6 is 0 Å². The SMILES string of the molecule is O=C(Cc1coc2cc(O)ccc12)N1CCOCC1. The number of hydrogen-bond donors (Lipinski definition) is 1. The van der Waals surface area contributed by atoms with Crippen LogP contribution in [0.25, 0.3) is 11.0 Å². The number of carbonyl (C=O) groups is 1. The van der Waals surface area contributed by atoms with Gasteiger partial charge in [-0.15, -0.1) is 0 Å². The standard InChI is InChI=1S/C14H15NO4/c16-11-1-2-12-10(9-19-13(12)8-11)7-14(17)15-3-5-18-6-4-15/h1-2,8-9,16H,3-7H2. The zero-order valence-electron chi connectivity index (χ0n) is 10.5. The Labute approximate surface area is 110 Å². The van der Waals surface area contributed by atoms with Gasteiger partial charge in [0.15, 0.2) is 0 Å². The molecule has 0 unspecified atom stereocenters. The van der Waals surface area contributed by atoms with Crippen molar-refractivity contribution in [2.45, 2.75) is 6.42 Å². The predicted octanol–water partition coefficient (Wildman–Crippen LogP) is 1.54. The number of ether oxygens (including phenoxy) is 1. The molecule has 1 amide bonds. The molecule has 1 aliphatic rings. The highest BCUT2D eigenvalue weighted by Crippen LogP contribution is 2.25. The van der Waals surface area contributed by atoms with Gasteiger partial charge in [-0.2, -0.15) is 0 Å². The summed E-state index contributed by atoms with van der Waals surface area (Å²) in [5.74, 6) is 0.243. The second-order valence-electron chi connectivity index (χ2n) is 4.61. The molecule has 0 spiro atoms. The highest BCUT2D eigenvalue weighted by atomic mass is 16.5. The van der Waals surface area contributed by atoms with E-state index in [0.717, 1.165) is 10.9 Å². The lowest BCUT2D eigenvalue weighted by atomic mass is 10.1. The number of hydrogen-bond acceptors (Lipinski definition) is 4. The van der Waals surface area contributed by atoms with Crippen LogP contribution in [0.4, 0.5) is 0 Å². The molecule has 1 aliphatic heterocycles. The first-order chi connectivity index (χ1) is 9.24. The van der Waals surface area contributed by atoms with Crippen LogP contribution in [0.1, 0.15) is 5.56 Å². The van der Waals surface area contributed by atoms with E-state index in [1.165, 1.54) is 0 Å². The quantitative estimate of drug-likeness (QED) is 0.890. The maximum absolute atomic E-state index is 12.2. The van der Waals surface area contributed by atoms with E-state index in [1.54, 1.807) is 24.5 Å². The fraction of sp³-hybridized carbons (Fsp3) is 0.357. The van der Waals surface area contributed by atoms with Crippen LogP contribution in [0.2, 0.25) is 0 Å². The van der Waals surface area contributed by atoms with Crippen molar-refractivity contribution in [3.05, 3.63) is 30.0 Å². The molecular formula is C14H15NO4. The Morgan fingerprint density at radius 2 is 2.11 bits per heavy atom. The summed E-state index contributed by atoms with van der Waals surface area (Å²) in [4.78, 5) is 14.0. The lowest BCUT2D eigenvalue weighted by molar-refractivity contribution is -0.134. The zero-order chi connectivity index (χ0) is 13.2. The van der Waals surface area contributed by atoms with Crippen molar-refractivity contribution in [3.8, 4) is 5.75 Å². The molecule has 5 heteroatoms. The van der Waals surface area contributed by atoms with Gasteiger partial charge in [0.05, 0.1) is 25.9 Å². The second-order valence-corrected chi connectivity index (χ2v) is 4.61. The van der Waals surface area contributed by atoms with E-state index in [0.29, 0.717) is 38.3 Å². The molecule has 1 fully saturated rings. The summed E-state index contributed by atoms with van der Waals surface area (Å²) in [7, 11) is 0. The number of rotatable bonds is 2. The Kier molecular flexibility index (Phi) is 3.13. The minimum Gasteiger partial charge on any atom is -0.508 e. The Balaban J connectivity index is 1.79. The van der Waals surface area contributed by atoms with Gasteiger partial charge in [0.2, 0.25) is 5.91 Å². The number of phenolic OH excluding ortho intramolecular Hbond substituents is 1. The molecule has 0 saturated carbocycles. The smallest absolute Gasteiger partial charge is 0.227 e. The minimum atomic E-state index is 0.0825. The zero-order valence-corrected chi connectivity index (χ0v) is 10.5. The summed E-state index contributed by atoms with van der Waals surface area (Å²) in [5, 5.41) is 10.3. The van der Waals surface area contributed by atoms with E-state index < -0.39 is 0 Å². The number of carbonyl (C=O) groups excluding carboxylic acids is 1. The number of amides is 1. The summed E-state index contributed by atoms with van der Waals surface area (Å²) in [6, 6.07) is 4.93. The molecule has 1 aromatic carbocycles. The largest absolute Gasteiger partial charge is 0.508 e. The van der Waals surface area contributed by atoms with E-state index in [2.05, 4.69) is 0 Å². The number of aromatic hydroxyl groups is 1. The molecule has 100 valence electrons. The molecule has 5 nitrogen and oxygen atoms in total. The van der Waals surface area contributed by atoms with E-state index in [-0.39, 0.29) is 11.7 Å². The third-order valence-corrected chi connectivity index (χ3v) is 3.34. The molecule has 0 bridgehead atoms. The van der Waals surface area contributed by atoms with Gasteiger partial charge >= 0.3 is 0 Å². The van der Waals surface area contributed by atoms with Crippen molar-refractivity contribution in [1.29, 1.82) is 0 Å². The van der Waals surface area contributed by atoms with Crippen LogP contribution in [-0.4, -0.2) is 42.2 Å². The first kappa shape index (κ1) is 12.0. The maximum atomic E-state index is 12.2. The van der Waals surface area contributed by atoms with Gasteiger partial charge in [0.1, 0.15) is 11.3 Å². The van der Waals surface area contributed by atoms with Crippen LogP contribution in [0, 0.1) is 0 Å². The lowest BCUT2D eigenvalue weighted by Gasteiger charge is -2.26. The van der Waals surface area contributed by atoms with Crippen molar-refractivity contribution in [3.63, 3.8) is 0 Å². The van der Waals surface area contributed by atoms with E-state index in [1.807, 2.05) is 4.90 Å². The molecule has 0 aliphatic carbocycles. The average molecular weight is 261 g/mol. The van der Waals surface area contributed by atoms with Gasteiger partial charge in [0.25, 0.3) is 0 Å². The van der Waals surface area contributed by atoms with Crippen molar-refractivity contribution >= 4 is 16.9 Å². The summed E-state index contributed by atoms with van der Waals surface area (Å²) in [6.45, 7) is 2.50. The Morgan fingerprint density at radius 3 is 2.89 bits per heavy atom. The molecular weight excluding hydrogens is 246 g/mol. The van der Waals surface area contributed by atoms with Gasteiger partial charge in [-0.1, -0.05) is 0 Å². The van der Waals surface area contributed by atoms with Crippen molar-refractivity contribution in [1.82, 2.24) is 4.90 Å². The number of furan rings is 1. The van der Waals surface area contributed by atoms with Gasteiger partial charge in [0, 0.05) is 30.1 Å². The van der Waals surface area contributed by atoms with Gasteiger partial charge in [-0.3, -0.25) is 4.79 Å². The summed E-state index contributed by atoms with van der Waals surface area (Å²) in [6.07, 6.45) is 1.90. The van der Waals surface area contributed by atoms with Crippen LogP contribution in [0.3, 0.4) is 0 Å². The van der Waals surface area contributed by atoms with Gasteiger partial charge in [-0.05, 0) is 12.1 Å². The molecule has 19 heavy (non-hydrogen) atoms. The summed E-state index contributed by atoms with van der Waals surface area (Å²) >= 11 is 0. The topological polar surface area (TPSA) is 62.9 Å². The van der Waals surface area contributed by atoms with Crippen LogP contribution in [-0.2, 0) is 16.0 Å². The van der Waals surface area contributed by atoms with Crippen molar-refractivity contribution < 1.29 is 19.1 Å². The lowest BCUT2D eigenvalue weighted by Crippen LogP contribution is -2.41. The molecule has 1 saturated heterocycles. The molecule has 3 rings (SSSR count). The number of benzene rings is 1. The second kappa shape index (κ2) is 4.93. The fourth-order valence-corrected chi connectivity index (χ4v) is 2.30. The highest BCUT2D eigenvalue weighted by molar-refractivity contribution is 5.88. The summed E-state index contributed by atoms with van der Waals surface area (Å²) in [5.41, 5.74) is 1.45. The maximum Gasteiger partial charge on any atom is 0.227 e. The third-order valence-electron chi connectivity index (χ3n) is 3.34. The molecule has 1 N–H and O–H groups in total. The van der Waals surface area contributed by atoms with Crippen LogP contribution < -0.4 is 0 Å². The molecule has 0 radical (unpaired) electrons. The fourth-order valence-electron chi connectivity index (χ4n) is 2.30. The third kappa shape index (κ3) is 2.42. The Morgan fingerprint density at radius 1 is 1.32 bits per heavy atom. The van der Waals surface area contributed by atoms with Gasteiger partial charge < -0.3 is 19.2 Å².